The fourth-order valence-electron chi connectivity index (χ4n) is 1.18. The second-order valence-corrected chi connectivity index (χ2v) is 3.02. The Kier molecular flexibility index (Phi) is 4.48. The van der Waals surface area contributed by atoms with E-state index < -0.39 is 0 Å². The molecule has 14 heavy (non-hydrogen) atoms. The Morgan fingerprint density at radius 3 is 2.14 bits per heavy atom. The summed E-state index contributed by atoms with van der Waals surface area (Å²) in [6.07, 6.45) is 6.59. The van der Waals surface area contributed by atoms with Gasteiger partial charge in [-0.15, -0.1) is 0 Å². The lowest BCUT2D eigenvalue weighted by Gasteiger charge is -1.89. The van der Waals surface area contributed by atoms with Gasteiger partial charge in [0, 0.05) is 24.3 Å². The molecule has 0 spiro atoms. The molecule has 2 rings (SSSR count). The van der Waals surface area contributed by atoms with Gasteiger partial charge in [-0.2, -0.15) is 0 Å². The standard InChI is InChI=1S/C7H11N.C5H5N/c1-3-7-6(2)4-5-8-7;1-2-4-6-5-3-1/h4-5,8H,3H2,1-2H3;1-5H. The highest BCUT2D eigenvalue weighted by atomic mass is 14.7. The summed E-state index contributed by atoms with van der Waals surface area (Å²) in [6.45, 7) is 4.27. The summed E-state index contributed by atoms with van der Waals surface area (Å²) in [4.78, 5) is 6.94. The summed E-state index contributed by atoms with van der Waals surface area (Å²) in [5.74, 6) is 0. The van der Waals surface area contributed by atoms with E-state index in [9.17, 15) is 0 Å². The monoisotopic (exact) mass is 188 g/mol. The molecule has 0 fully saturated rings. The molecule has 0 aromatic carbocycles. The number of rotatable bonds is 1. The predicted octanol–water partition coefficient (Wildman–Crippen LogP) is 2.97. The van der Waals surface area contributed by atoms with Gasteiger partial charge in [-0.1, -0.05) is 13.0 Å². The summed E-state index contributed by atoms with van der Waals surface area (Å²) >= 11 is 0. The average Bonchev–Trinajstić information content (AvgIpc) is 2.67. The Morgan fingerprint density at radius 1 is 1.21 bits per heavy atom. The number of aromatic amines is 1. The number of hydrogen-bond donors (Lipinski definition) is 1. The number of H-pyrrole nitrogens is 1. The van der Waals surface area contributed by atoms with Crippen LogP contribution in [-0.2, 0) is 6.42 Å². The van der Waals surface area contributed by atoms with Gasteiger partial charge < -0.3 is 4.98 Å². The van der Waals surface area contributed by atoms with E-state index in [2.05, 4.69) is 29.9 Å². The van der Waals surface area contributed by atoms with E-state index >= 15 is 0 Å². The van der Waals surface area contributed by atoms with Gasteiger partial charge in [-0.05, 0) is 37.1 Å². The van der Waals surface area contributed by atoms with Crippen molar-refractivity contribution < 1.29 is 0 Å². The number of aryl methyl sites for hydroxylation is 2. The molecule has 2 aromatic rings. The van der Waals surface area contributed by atoms with Gasteiger partial charge >= 0.3 is 0 Å². The first-order valence-electron chi connectivity index (χ1n) is 4.82. The van der Waals surface area contributed by atoms with Gasteiger partial charge in [0.1, 0.15) is 0 Å². The van der Waals surface area contributed by atoms with Gasteiger partial charge in [0.15, 0.2) is 0 Å². The Labute approximate surface area is 85.0 Å². The smallest absolute Gasteiger partial charge is 0.0267 e. The highest BCUT2D eigenvalue weighted by molar-refractivity contribution is 5.17. The van der Waals surface area contributed by atoms with Crippen molar-refractivity contribution in [2.24, 2.45) is 0 Å². The Balaban J connectivity index is 0.000000146. The number of nitrogens with one attached hydrogen (secondary N) is 1. The minimum absolute atomic E-state index is 1.11. The van der Waals surface area contributed by atoms with Crippen LogP contribution < -0.4 is 0 Å². The maximum Gasteiger partial charge on any atom is 0.0267 e. The van der Waals surface area contributed by atoms with Gasteiger partial charge in [0.05, 0.1) is 0 Å². The second kappa shape index (κ2) is 5.97. The van der Waals surface area contributed by atoms with Gasteiger partial charge in [0.25, 0.3) is 0 Å². The van der Waals surface area contributed by atoms with Crippen LogP contribution in [0.5, 0.6) is 0 Å². The molecule has 1 N–H and O–H groups in total. The van der Waals surface area contributed by atoms with Crippen LogP contribution >= 0.6 is 0 Å². The van der Waals surface area contributed by atoms with E-state index in [-0.39, 0.29) is 0 Å². The van der Waals surface area contributed by atoms with Crippen molar-refractivity contribution in [3.05, 3.63) is 54.1 Å². The molecular formula is C12H16N2. The molecular weight excluding hydrogens is 172 g/mol. The van der Waals surface area contributed by atoms with E-state index in [1.54, 1.807) is 12.4 Å². The van der Waals surface area contributed by atoms with Crippen molar-refractivity contribution in [1.82, 2.24) is 9.97 Å². The number of pyridine rings is 1. The van der Waals surface area contributed by atoms with Crippen LogP contribution in [0.4, 0.5) is 0 Å². The normalized spacial score (nSPS) is 9.00. The van der Waals surface area contributed by atoms with E-state index in [0.717, 1.165) is 6.42 Å². The first kappa shape index (κ1) is 10.5. The molecule has 2 heterocycles. The third-order valence-electron chi connectivity index (χ3n) is 1.99. The first-order chi connectivity index (χ1) is 6.84. The summed E-state index contributed by atoms with van der Waals surface area (Å²) in [7, 11) is 0. The van der Waals surface area contributed by atoms with Crippen molar-refractivity contribution in [3.8, 4) is 0 Å². The van der Waals surface area contributed by atoms with Crippen LogP contribution in [0.2, 0.25) is 0 Å². The molecule has 2 heteroatoms. The van der Waals surface area contributed by atoms with E-state index in [4.69, 9.17) is 0 Å². The zero-order chi connectivity index (χ0) is 10.2. The van der Waals surface area contributed by atoms with E-state index in [0.29, 0.717) is 0 Å². The van der Waals surface area contributed by atoms with Gasteiger partial charge in [-0.3, -0.25) is 4.98 Å². The molecule has 0 unspecified atom stereocenters. The lowest BCUT2D eigenvalue weighted by atomic mass is 10.2. The van der Waals surface area contributed by atoms with Crippen molar-refractivity contribution >= 4 is 0 Å². The zero-order valence-electron chi connectivity index (χ0n) is 8.70. The van der Waals surface area contributed by atoms with E-state index in [1.165, 1.54) is 11.3 Å². The van der Waals surface area contributed by atoms with Crippen molar-refractivity contribution in [2.45, 2.75) is 20.3 Å². The van der Waals surface area contributed by atoms with Crippen molar-refractivity contribution in [3.63, 3.8) is 0 Å². The molecule has 0 aliphatic heterocycles. The lowest BCUT2D eigenvalue weighted by Crippen LogP contribution is -1.79. The summed E-state index contributed by atoms with van der Waals surface area (Å²) < 4.78 is 0. The molecule has 0 radical (unpaired) electrons. The molecule has 0 atom stereocenters. The molecule has 0 aliphatic rings. The minimum Gasteiger partial charge on any atom is -0.365 e. The fraction of sp³-hybridized carbons (Fsp3) is 0.250. The molecule has 0 aliphatic carbocycles. The van der Waals surface area contributed by atoms with Crippen molar-refractivity contribution in [2.75, 3.05) is 0 Å². The highest BCUT2D eigenvalue weighted by Crippen LogP contribution is 2.03. The molecule has 2 aromatic heterocycles. The Hall–Kier alpha value is -1.57. The first-order valence-corrected chi connectivity index (χ1v) is 4.82. The van der Waals surface area contributed by atoms with Gasteiger partial charge in [0.2, 0.25) is 0 Å². The topological polar surface area (TPSA) is 28.7 Å². The summed E-state index contributed by atoms with van der Waals surface area (Å²) in [5, 5.41) is 0. The number of aromatic nitrogens is 2. The van der Waals surface area contributed by atoms with E-state index in [1.807, 2.05) is 24.4 Å². The van der Waals surface area contributed by atoms with Crippen LogP contribution in [0.15, 0.2) is 42.9 Å². The molecule has 74 valence electrons. The van der Waals surface area contributed by atoms with Crippen LogP contribution in [0.25, 0.3) is 0 Å². The minimum atomic E-state index is 1.11. The molecule has 0 saturated carbocycles. The average molecular weight is 188 g/mol. The third kappa shape index (κ3) is 3.44. The Morgan fingerprint density at radius 2 is 1.93 bits per heavy atom. The number of hydrogen-bond acceptors (Lipinski definition) is 1. The zero-order valence-corrected chi connectivity index (χ0v) is 8.70. The van der Waals surface area contributed by atoms with Crippen LogP contribution in [0.3, 0.4) is 0 Å². The third-order valence-corrected chi connectivity index (χ3v) is 1.99. The predicted molar refractivity (Wildman–Crippen MR) is 59.1 cm³/mol. The molecule has 2 nitrogen and oxygen atoms in total. The second-order valence-electron chi connectivity index (χ2n) is 3.02. The summed E-state index contributed by atoms with van der Waals surface area (Å²) in [6, 6.07) is 7.81. The lowest BCUT2D eigenvalue weighted by molar-refractivity contribution is 1.04. The maximum absolute atomic E-state index is 3.78. The largest absolute Gasteiger partial charge is 0.365 e. The number of nitrogens with zero attached hydrogens (tertiary/aromatic N) is 1. The molecule has 0 saturated heterocycles. The quantitative estimate of drug-likeness (QED) is 0.732. The summed E-state index contributed by atoms with van der Waals surface area (Å²) in [5.41, 5.74) is 2.72. The van der Waals surface area contributed by atoms with Crippen LogP contribution in [0, 0.1) is 6.92 Å². The molecule has 0 bridgehead atoms. The highest BCUT2D eigenvalue weighted by Gasteiger charge is 1.91. The van der Waals surface area contributed by atoms with Crippen molar-refractivity contribution in [1.29, 1.82) is 0 Å². The van der Waals surface area contributed by atoms with Crippen LogP contribution in [-0.4, -0.2) is 9.97 Å². The SMILES string of the molecule is CCc1[nH]ccc1C.c1ccncc1. The Bertz CT molecular complexity index is 312. The molecule has 0 amide bonds. The van der Waals surface area contributed by atoms with Gasteiger partial charge in [-0.25, -0.2) is 0 Å². The fourth-order valence-corrected chi connectivity index (χ4v) is 1.18. The van der Waals surface area contributed by atoms with Crippen LogP contribution in [0.1, 0.15) is 18.2 Å². The maximum atomic E-state index is 3.78.